The van der Waals surface area contributed by atoms with Gasteiger partial charge >= 0.3 is 0 Å². The lowest BCUT2D eigenvalue weighted by molar-refractivity contribution is 0.102. The number of nitrogens with one attached hydrogen (secondary N) is 2. The summed E-state index contributed by atoms with van der Waals surface area (Å²) in [4.78, 5) is 35.8. The first-order valence-corrected chi connectivity index (χ1v) is 13.7. The number of benzene rings is 3. The van der Waals surface area contributed by atoms with Crippen LogP contribution in [-0.4, -0.2) is 54.3 Å². The summed E-state index contributed by atoms with van der Waals surface area (Å²) in [5.41, 5.74) is 4.67. The predicted octanol–water partition coefficient (Wildman–Crippen LogP) is 6.01. The van der Waals surface area contributed by atoms with Crippen LogP contribution >= 0.6 is 11.3 Å². The van der Waals surface area contributed by atoms with Crippen molar-refractivity contribution in [2.24, 2.45) is 4.99 Å². The molecule has 0 radical (unpaired) electrons. The van der Waals surface area contributed by atoms with E-state index in [2.05, 4.69) is 20.2 Å². The zero-order chi connectivity index (χ0) is 27.5. The van der Waals surface area contributed by atoms with Crippen LogP contribution in [0.25, 0.3) is 10.9 Å². The van der Waals surface area contributed by atoms with E-state index in [1.165, 1.54) is 11.3 Å². The lowest BCUT2D eigenvalue weighted by atomic mass is 10.0. The zero-order valence-corrected chi connectivity index (χ0v) is 22.3. The number of ketones is 1. The molecule has 200 valence electrons. The van der Waals surface area contributed by atoms with Crippen molar-refractivity contribution >= 4 is 57.2 Å². The number of morpholine rings is 1. The summed E-state index contributed by atoms with van der Waals surface area (Å²) < 4.78 is 5.42. The molecule has 1 fully saturated rings. The molecule has 0 atom stereocenters. The van der Waals surface area contributed by atoms with Crippen LogP contribution in [0, 0.1) is 0 Å². The number of fused-ring (bicyclic) bond motifs is 1. The van der Waals surface area contributed by atoms with Gasteiger partial charge in [-0.05, 0) is 66.0 Å². The van der Waals surface area contributed by atoms with Crippen LogP contribution in [0.3, 0.4) is 0 Å². The topological polar surface area (TPSA) is 107 Å². The number of thiophene rings is 1. The summed E-state index contributed by atoms with van der Waals surface area (Å²) in [7, 11) is 0. The van der Waals surface area contributed by atoms with Crippen molar-refractivity contribution in [3.05, 3.63) is 106 Å². The van der Waals surface area contributed by atoms with Gasteiger partial charge in [-0.2, -0.15) is 0 Å². The molecule has 2 aromatic heterocycles. The minimum atomic E-state index is -0.185. The number of hydrogen-bond donors (Lipinski definition) is 3. The molecule has 9 heteroatoms. The number of anilines is 2. The van der Waals surface area contributed by atoms with Crippen molar-refractivity contribution in [1.29, 1.82) is 0 Å². The third kappa shape index (κ3) is 5.38. The highest BCUT2D eigenvalue weighted by Gasteiger charge is 2.15. The summed E-state index contributed by atoms with van der Waals surface area (Å²) in [6, 6.07) is 23.6. The van der Waals surface area contributed by atoms with E-state index < -0.39 is 0 Å². The van der Waals surface area contributed by atoms with Crippen LogP contribution < -0.4 is 10.2 Å². The average Bonchev–Trinajstić information content (AvgIpc) is 3.64. The maximum Gasteiger partial charge on any atom is 0.265 e. The number of aliphatic imine (C=N–C) groups is 1. The first kappa shape index (κ1) is 25.5. The number of rotatable bonds is 7. The summed E-state index contributed by atoms with van der Waals surface area (Å²) >= 11 is 1.37. The van der Waals surface area contributed by atoms with Crippen molar-refractivity contribution in [3.8, 4) is 5.88 Å². The number of hydrogen-bond acceptors (Lipinski definition) is 7. The van der Waals surface area contributed by atoms with Crippen LogP contribution in [0.5, 0.6) is 5.88 Å². The highest BCUT2D eigenvalue weighted by Crippen LogP contribution is 2.29. The largest absolute Gasteiger partial charge is 0.494 e. The van der Waals surface area contributed by atoms with Gasteiger partial charge in [0.05, 0.1) is 29.3 Å². The molecule has 8 nitrogen and oxygen atoms in total. The Morgan fingerprint density at radius 3 is 2.45 bits per heavy atom. The molecule has 3 N–H and O–H groups in total. The Labute approximate surface area is 234 Å². The van der Waals surface area contributed by atoms with E-state index in [9.17, 15) is 14.7 Å². The minimum Gasteiger partial charge on any atom is -0.494 e. The van der Waals surface area contributed by atoms with Crippen molar-refractivity contribution in [2.45, 2.75) is 0 Å². The molecule has 0 spiro atoms. The lowest BCUT2D eigenvalue weighted by Gasteiger charge is -2.28. The standard InChI is InChI=1S/C31H26N4O4S/c36-29(20-3-6-23(7-4-20)33-31(38)28-2-1-17-40-28)21-5-12-25-26(30(37)34-27(25)18-21)19-32-22-8-10-24(11-9-22)35-13-15-39-16-14-35/h1-12,17-19,34,37H,13-16H2,(H,33,38). The van der Waals surface area contributed by atoms with E-state index in [0.29, 0.717) is 32.8 Å². The van der Waals surface area contributed by atoms with E-state index in [-0.39, 0.29) is 17.6 Å². The van der Waals surface area contributed by atoms with Crippen LogP contribution in [0.2, 0.25) is 0 Å². The van der Waals surface area contributed by atoms with Crippen molar-refractivity contribution in [2.75, 3.05) is 36.5 Å². The molecule has 40 heavy (non-hydrogen) atoms. The van der Waals surface area contributed by atoms with Gasteiger partial charge in [-0.25, -0.2) is 0 Å². The molecule has 0 unspecified atom stereocenters. The van der Waals surface area contributed by atoms with Crippen LogP contribution in [0.15, 0.2) is 89.2 Å². The van der Waals surface area contributed by atoms with E-state index in [4.69, 9.17) is 4.74 Å². The van der Waals surface area contributed by atoms with Gasteiger partial charge in [-0.15, -0.1) is 11.3 Å². The number of amides is 1. The SMILES string of the molecule is O=C(c1ccc(NC(=O)c2cccs2)cc1)c1ccc2c(C=Nc3ccc(N4CCOCC4)cc3)c(O)[nH]c2c1. The number of ether oxygens (including phenoxy) is 1. The smallest absolute Gasteiger partial charge is 0.265 e. The van der Waals surface area contributed by atoms with Gasteiger partial charge in [0, 0.05) is 52.7 Å². The molecule has 1 aliphatic rings. The van der Waals surface area contributed by atoms with Gasteiger partial charge in [-0.3, -0.25) is 14.6 Å². The Kier molecular flexibility index (Phi) is 7.13. The molecule has 6 rings (SSSR count). The van der Waals surface area contributed by atoms with Crippen LogP contribution in [0.4, 0.5) is 17.1 Å². The highest BCUT2D eigenvalue weighted by atomic mass is 32.1. The van der Waals surface area contributed by atoms with Gasteiger partial charge in [-0.1, -0.05) is 18.2 Å². The summed E-state index contributed by atoms with van der Waals surface area (Å²) in [5, 5.41) is 16.0. The Bertz CT molecular complexity index is 1680. The van der Waals surface area contributed by atoms with E-state index in [0.717, 1.165) is 43.1 Å². The number of aromatic nitrogens is 1. The molecule has 1 aliphatic heterocycles. The third-order valence-electron chi connectivity index (χ3n) is 6.80. The molecular weight excluding hydrogens is 524 g/mol. The molecule has 3 heterocycles. The highest BCUT2D eigenvalue weighted by molar-refractivity contribution is 7.12. The fourth-order valence-electron chi connectivity index (χ4n) is 4.66. The summed E-state index contributed by atoms with van der Waals surface area (Å²) in [6.07, 6.45) is 1.63. The fourth-order valence-corrected chi connectivity index (χ4v) is 5.28. The van der Waals surface area contributed by atoms with Gasteiger partial charge < -0.3 is 25.0 Å². The monoisotopic (exact) mass is 550 g/mol. The molecule has 0 aliphatic carbocycles. The predicted molar refractivity (Wildman–Crippen MR) is 159 cm³/mol. The molecule has 1 amide bonds. The number of aromatic hydroxyl groups is 1. The van der Waals surface area contributed by atoms with Crippen molar-refractivity contribution < 1.29 is 19.4 Å². The lowest BCUT2D eigenvalue weighted by Crippen LogP contribution is -2.36. The Balaban J connectivity index is 1.16. The van der Waals surface area contributed by atoms with Crippen LogP contribution in [0.1, 0.15) is 31.2 Å². The zero-order valence-electron chi connectivity index (χ0n) is 21.5. The Hall–Kier alpha value is -4.73. The van der Waals surface area contributed by atoms with Gasteiger partial charge in [0.1, 0.15) is 0 Å². The van der Waals surface area contributed by atoms with Gasteiger partial charge in [0.25, 0.3) is 5.91 Å². The normalized spacial score (nSPS) is 13.7. The number of H-pyrrole nitrogens is 1. The molecule has 0 bridgehead atoms. The first-order chi connectivity index (χ1) is 19.5. The third-order valence-corrected chi connectivity index (χ3v) is 7.67. The van der Waals surface area contributed by atoms with E-state index in [1.54, 1.807) is 54.7 Å². The quantitative estimate of drug-likeness (QED) is 0.170. The minimum absolute atomic E-state index is 0.0147. The second-order valence-corrected chi connectivity index (χ2v) is 10.3. The van der Waals surface area contributed by atoms with E-state index in [1.807, 2.05) is 35.7 Å². The molecule has 5 aromatic rings. The van der Waals surface area contributed by atoms with Crippen molar-refractivity contribution in [3.63, 3.8) is 0 Å². The second-order valence-electron chi connectivity index (χ2n) is 9.36. The number of carbonyl (C=O) groups is 2. The second kappa shape index (κ2) is 11.2. The van der Waals surface area contributed by atoms with Gasteiger partial charge in [0.2, 0.25) is 0 Å². The van der Waals surface area contributed by atoms with Gasteiger partial charge in [0.15, 0.2) is 11.7 Å². The maximum atomic E-state index is 13.2. The molecular formula is C31H26N4O4S. The number of nitrogens with zero attached hydrogens (tertiary/aromatic N) is 2. The molecule has 1 saturated heterocycles. The Morgan fingerprint density at radius 1 is 0.975 bits per heavy atom. The average molecular weight is 551 g/mol. The fraction of sp³-hybridized carbons (Fsp3) is 0.129. The first-order valence-electron chi connectivity index (χ1n) is 12.9. The molecule has 3 aromatic carbocycles. The van der Waals surface area contributed by atoms with E-state index >= 15 is 0 Å². The molecule has 0 saturated carbocycles. The maximum absolute atomic E-state index is 13.2. The summed E-state index contributed by atoms with van der Waals surface area (Å²) in [5.74, 6) is -0.364. The van der Waals surface area contributed by atoms with Crippen LogP contribution in [-0.2, 0) is 4.74 Å². The Morgan fingerprint density at radius 2 is 1.73 bits per heavy atom. The van der Waals surface area contributed by atoms with Crippen molar-refractivity contribution in [1.82, 2.24) is 4.98 Å². The number of aromatic amines is 1. The number of carbonyl (C=O) groups excluding carboxylic acids is 2. The summed E-state index contributed by atoms with van der Waals surface area (Å²) in [6.45, 7) is 3.20.